The number of piperazine rings is 1. The van der Waals surface area contributed by atoms with Gasteiger partial charge in [0.15, 0.2) is 0 Å². The number of amides is 2. The van der Waals surface area contributed by atoms with Crippen molar-refractivity contribution in [3.05, 3.63) is 33.8 Å². The van der Waals surface area contributed by atoms with Gasteiger partial charge < -0.3 is 9.80 Å². The molecule has 1 aromatic rings. The molecule has 3 rings (SSSR count). The minimum atomic E-state index is 0.0714. The third-order valence-corrected chi connectivity index (χ3v) is 4.72. The molecule has 0 bridgehead atoms. The van der Waals surface area contributed by atoms with Crippen LogP contribution in [0.15, 0.2) is 22.7 Å². The fourth-order valence-corrected chi connectivity index (χ4v) is 3.48. The number of carbonyl (C=O) groups is 2. The molecule has 0 radical (unpaired) electrons. The third-order valence-electron chi connectivity index (χ3n) is 4.23. The third kappa shape index (κ3) is 2.59. The second-order valence-corrected chi connectivity index (χ2v) is 6.40. The highest BCUT2D eigenvalue weighted by Crippen LogP contribution is 2.30. The average molecular weight is 337 g/mol. The Morgan fingerprint density at radius 1 is 1.15 bits per heavy atom. The van der Waals surface area contributed by atoms with Crippen LogP contribution in [0.4, 0.5) is 0 Å². The van der Waals surface area contributed by atoms with E-state index < -0.39 is 0 Å². The van der Waals surface area contributed by atoms with E-state index in [-0.39, 0.29) is 11.8 Å². The summed E-state index contributed by atoms with van der Waals surface area (Å²) in [5, 5.41) is 0. The van der Waals surface area contributed by atoms with Crippen LogP contribution in [0.25, 0.3) is 0 Å². The van der Waals surface area contributed by atoms with Crippen LogP contribution in [0.5, 0.6) is 0 Å². The van der Waals surface area contributed by atoms with Crippen molar-refractivity contribution in [2.24, 2.45) is 5.92 Å². The summed E-state index contributed by atoms with van der Waals surface area (Å²) in [6.45, 7) is 2.63. The Labute approximate surface area is 126 Å². The lowest BCUT2D eigenvalue weighted by atomic mass is 10.0. The number of halogens is 1. The van der Waals surface area contributed by atoms with E-state index in [0.717, 1.165) is 23.7 Å². The van der Waals surface area contributed by atoms with Crippen LogP contribution in [-0.4, -0.2) is 48.3 Å². The molecule has 0 saturated carbocycles. The molecule has 1 heterocycles. The van der Waals surface area contributed by atoms with Gasteiger partial charge >= 0.3 is 0 Å². The summed E-state index contributed by atoms with van der Waals surface area (Å²) >= 11 is 3.48. The summed E-state index contributed by atoms with van der Waals surface area (Å²) in [6.07, 6.45) is 2.54. The second kappa shape index (κ2) is 5.56. The Kier molecular flexibility index (Phi) is 3.78. The van der Waals surface area contributed by atoms with E-state index in [9.17, 15) is 9.59 Å². The normalized spacial score (nSPS) is 21.8. The molecule has 2 aliphatic rings. The van der Waals surface area contributed by atoms with Gasteiger partial charge in [-0.15, -0.1) is 0 Å². The average Bonchev–Trinajstić information content (AvgIpc) is 2.89. The van der Waals surface area contributed by atoms with Crippen molar-refractivity contribution in [3.8, 4) is 0 Å². The van der Waals surface area contributed by atoms with E-state index in [1.54, 1.807) is 4.90 Å². The number of hydrogen-bond donors (Lipinski definition) is 0. The Morgan fingerprint density at radius 3 is 2.55 bits per heavy atom. The SMILES string of the molecule is O=CN1CCN(C(=O)C2Cc3ccc(Br)cc3C2)CC1. The molecular formula is C15H17BrN2O2. The number of benzene rings is 1. The first-order valence-corrected chi connectivity index (χ1v) is 7.72. The first-order valence-electron chi connectivity index (χ1n) is 6.93. The van der Waals surface area contributed by atoms with Gasteiger partial charge in [-0.2, -0.15) is 0 Å². The van der Waals surface area contributed by atoms with Crippen LogP contribution in [-0.2, 0) is 22.4 Å². The molecule has 0 spiro atoms. The van der Waals surface area contributed by atoms with Gasteiger partial charge in [0.25, 0.3) is 0 Å². The maximum absolute atomic E-state index is 12.6. The lowest BCUT2D eigenvalue weighted by Crippen LogP contribution is -2.50. The van der Waals surface area contributed by atoms with E-state index in [0.29, 0.717) is 26.2 Å². The summed E-state index contributed by atoms with van der Waals surface area (Å²) in [4.78, 5) is 26.9. The molecule has 1 aliphatic heterocycles. The lowest BCUT2D eigenvalue weighted by molar-refractivity contribution is -0.138. The zero-order valence-corrected chi connectivity index (χ0v) is 12.8. The van der Waals surface area contributed by atoms with Crippen LogP contribution in [0.1, 0.15) is 11.1 Å². The second-order valence-electron chi connectivity index (χ2n) is 5.48. The van der Waals surface area contributed by atoms with E-state index in [2.05, 4.69) is 28.1 Å². The predicted molar refractivity (Wildman–Crippen MR) is 79.3 cm³/mol. The van der Waals surface area contributed by atoms with Crippen molar-refractivity contribution in [2.45, 2.75) is 12.8 Å². The van der Waals surface area contributed by atoms with Gasteiger partial charge in [-0.05, 0) is 36.1 Å². The Balaban J connectivity index is 1.64. The molecule has 2 amide bonds. The molecule has 1 atom stereocenters. The molecule has 106 valence electrons. The molecule has 0 aromatic heterocycles. The van der Waals surface area contributed by atoms with Crippen LogP contribution in [0.2, 0.25) is 0 Å². The van der Waals surface area contributed by atoms with Gasteiger partial charge in [0.05, 0.1) is 0 Å². The van der Waals surface area contributed by atoms with Gasteiger partial charge in [-0.25, -0.2) is 0 Å². The Bertz CT molecular complexity index is 539. The van der Waals surface area contributed by atoms with E-state index >= 15 is 0 Å². The first-order chi connectivity index (χ1) is 9.67. The summed E-state index contributed by atoms with van der Waals surface area (Å²) in [7, 11) is 0. The molecular weight excluding hydrogens is 320 g/mol. The highest BCUT2D eigenvalue weighted by Gasteiger charge is 2.31. The molecule has 1 aromatic carbocycles. The summed E-state index contributed by atoms with van der Waals surface area (Å²) in [5.41, 5.74) is 2.57. The topological polar surface area (TPSA) is 40.6 Å². The Hall–Kier alpha value is -1.36. The number of hydrogen-bond acceptors (Lipinski definition) is 2. The summed E-state index contributed by atoms with van der Waals surface area (Å²) < 4.78 is 1.07. The molecule has 5 heteroatoms. The maximum atomic E-state index is 12.6. The van der Waals surface area contributed by atoms with E-state index in [4.69, 9.17) is 0 Å². The van der Waals surface area contributed by atoms with Gasteiger partial charge in [0, 0.05) is 36.6 Å². The summed E-state index contributed by atoms with van der Waals surface area (Å²) in [5.74, 6) is 0.310. The lowest BCUT2D eigenvalue weighted by Gasteiger charge is -2.34. The highest BCUT2D eigenvalue weighted by atomic mass is 79.9. The van der Waals surface area contributed by atoms with Crippen molar-refractivity contribution < 1.29 is 9.59 Å². The monoisotopic (exact) mass is 336 g/mol. The van der Waals surface area contributed by atoms with Gasteiger partial charge in [0.1, 0.15) is 0 Å². The largest absolute Gasteiger partial charge is 0.342 e. The standard InChI is InChI=1S/C15H17BrN2O2/c16-14-2-1-11-7-13(8-12(11)9-14)15(20)18-5-3-17(10-19)4-6-18/h1-2,9-10,13H,3-8H2. The molecule has 1 aliphatic carbocycles. The van der Waals surface area contributed by atoms with Crippen molar-refractivity contribution in [1.82, 2.24) is 9.80 Å². The fraction of sp³-hybridized carbons (Fsp3) is 0.467. The number of carbonyl (C=O) groups excluding carboxylic acids is 2. The van der Waals surface area contributed by atoms with Gasteiger partial charge in [-0.3, -0.25) is 9.59 Å². The predicted octanol–water partition coefficient (Wildman–Crippen LogP) is 1.46. The zero-order valence-electron chi connectivity index (χ0n) is 11.2. The molecule has 1 unspecified atom stereocenters. The minimum Gasteiger partial charge on any atom is -0.342 e. The number of fused-ring (bicyclic) bond motifs is 1. The quantitative estimate of drug-likeness (QED) is 0.767. The molecule has 4 nitrogen and oxygen atoms in total. The Morgan fingerprint density at radius 2 is 1.85 bits per heavy atom. The molecule has 1 fully saturated rings. The van der Waals surface area contributed by atoms with Crippen molar-refractivity contribution in [3.63, 3.8) is 0 Å². The summed E-state index contributed by atoms with van der Waals surface area (Å²) in [6, 6.07) is 6.26. The van der Waals surface area contributed by atoms with E-state index in [1.165, 1.54) is 11.1 Å². The molecule has 0 N–H and O–H groups in total. The van der Waals surface area contributed by atoms with Crippen LogP contribution < -0.4 is 0 Å². The van der Waals surface area contributed by atoms with Gasteiger partial charge in [0.2, 0.25) is 12.3 Å². The maximum Gasteiger partial charge on any atom is 0.226 e. The van der Waals surface area contributed by atoms with Crippen LogP contribution in [0, 0.1) is 5.92 Å². The zero-order chi connectivity index (χ0) is 14.1. The van der Waals surface area contributed by atoms with Crippen molar-refractivity contribution in [2.75, 3.05) is 26.2 Å². The minimum absolute atomic E-state index is 0.0714. The van der Waals surface area contributed by atoms with E-state index in [1.807, 2.05) is 11.0 Å². The van der Waals surface area contributed by atoms with Crippen LogP contribution in [0.3, 0.4) is 0 Å². The van der Waals surface area contributed by atoms with Gasteiger partial charge in [-0.1, -0.05) is 22.0 Å². The fourth-order valence-electron chi connectivity index (χ4n) is 3.07. The highest BCUT2D eigenvalue weighted by molar-refractivity contribution is 9.10. The number of nitrogens with zero attached hydrogens (tertiary/aromatic N) is 2. The van der Waals surface area contributed by atoms with Crippen molar-refractivity contribution in [1.29, 1.82) is 0 Å². The van der Waals surface area contributed by atoms with Crippen molar-refractivity contribution >= 4 is 28.2 Å². The smallest absolute Gasteiger partial charge is 0.226 e. The molecule has 20 heavy (non-hydrogen) atoms. The first kappa shape index (κ1) is 13.6. The molecule has 1 saturated heterocycles. The number of rotatable bonds is 2. The van der Waals surface area contributed by atoms with Crippen LogP contribution >= 0.6 is 15.9 Å².